The van der Waals surface area contributed by atoms with Gasteiger partial charge in [-0.2, -0.15) is 0 Å². The van der Waals surface area contributed by atoms with Gasteiger partial charge in [0.1, 0.15) is 11.5 Å². The predicted molar refractivity (Wildman–Crippen MR) is 114 cm³/mol. The van der Waals surface area contributed by atoms with Crippen molar-refractivity contribution in [1.82, 2.24) is 9.80 Å². The maximum absolute atomic E-state index is 12.4. The summed E-state index contributed by atoms with van der Waals surface area (Å²) in [5, 5.41) is 3.39. The number of ether oxygens (including phenoxy) is 2. The van der Waals surface area contributed by atoms with Crippen LogP contribution in [0.5, 0.6) is 11.5 Å². The van der Waals surface area contributed by atoms with E-state index in [0.717, 1.165) is 51.5 Å². The Morgan fingerprint density at radius 3 is 2.69 bits per heavy atom. The lowest BCUT2D eigenvalue weighted by Gasteiger charge is -2.34. The molecular weight excluding hydrogens is 390 g/mol. The van der Waals surface area contributed by atoms with Gasteiger partial charge in [-0.05, 0) is 35.4 Å². The molecule has 6 nitrogen and oxygen atoms in total. The van der Waals surface area contributed by atoms with Gasteiger partial charge in [0.15, 0.2) is 0 Å². The lowest BCUT2D eigenvalue weighted by Crippen LogP contribution is -2.48. The zero-order chi connectivity index (χ0) is 20.2. The number of methoxy groups -OCH3 is 1. The van der Waals surface area contributed by atoms with Crippen LogP contribution in [0.25, 0.3) is 0 Å². The summed E-state index contributed by atoms with van der Waals surface area (Å²) in [5.41, 5.74) is 3.33. The summed E-state index contributed by atoms with van der Waals surface area (Å²) in [5.74, 6) is 1.60. The zero-order valence-corrected chi connectivity index (χ0v) is 17.4. The summed E-state index contributed by atoms with van der Waals surface area (Å²) in [6.45, 7) is 5.79. The van der Waals surface area contributed by atoms with Gasteiger partial charge < -0.3 is 14.8 Å². The fraction of sp³-hybridized carbons (Fsp3) is 0.409. The van der Waals surface area contributed by atoms with Gasteiger partial charge >= 0.3 is 0 Å². The van der Waals surface area contributed by atoms with E-state index < -0.39 is 0 Å². The molecule has 1 amide bonds. The van der Waals surface area contributed by atoms with Gasteiger partial charge in [-0.1, -0.05) is 23.7 Å². The van der Waals surface area contributed by atoms with Crippen LogP contribution in [0.1, 0.15) is 11.1 Å². The van der Waals surface area contributed by atoms with Gasteiger partial charge in [-0.15, -0.1) is 0 Å². The molecule has 4 rings (SSSR count). The first-order valence-electron chi connectivity index (χ1n) is 9.93. The van der Waals surface area contributed by atoms with Crippen LogP contribution >= 0.6 is 11.6 Å². The Hall–Kier alpha value is -2.28. The highest BCUT2D eigenvalue weighted by Gasteiger charge is 2.20. The molecule has 2 aliphatic heterocycles. The van der Waals surface area contributed by atoms with Gasteiger partial charge in [0.25, 0.3) is 0 Å². The Morgan fingerprint density at radius 1 is 1.14 bits per heavy atom. The van der Waals surface area contributed by atoms with Gasteiger partial charge in [0, 0.05) is 44.8 Å². The van der Waals surface area contributed by atoms with Crippen molar-refractivity contribution in [2.75, 3.05) is 51.8 Å². The maximum Gasteiger partial charge on any atom is 0.238 e. The molecule has 0 aliphatic carbocycles. The van der Waals surface area contributed by atoms with Crippen molar-refractivity contribution in [2.24, 2.45) is 0 Å². The third-order valence-electron chi connectivity index (χ3n) is 5.43. The standard InChI is InChI=1S/C22H26ClN3O3/c1-28-21-5-3-18(13-19(21)23)24-22(27)15-26-9-7-25(8-10-26)14-16-2-4-20-17(12-16)6-11-29-20/h2-5,12-13H,6-11,14-15H2,1H3,(H,24,27). The third-order valence-corrected chi connectivity index (χ3v) is 5.72. The molecule has 7 heteroatoms. The molecule has 0 bridgehead atoms. The Morgan fingerprint density at radius 2 is 1.93 bits per heavy atom. The molecule has 29 heavy (non-hydrogen) atoms. The number of fused-ring (bicyclic) bond motifs is 1. The maximum atomic E-state index is 12.4. The minimum absolute atomic E-state index is 0.0293. The van der Waals surface area contributed by atoms with E-state index in [0.29, 0.717) is 23.0 Å². The first kappa shape index (κ1) is 20.0. The second-order valence-electron chi connectivity index (χ2n) is 7.49. The summed E-state index contributed by atoms with van der Waals surface area (Å²) in [6.07, 6.45) is 1.01. The number of carbonyl (C=O) groups excluding carboxylic acids is 1. The van der Waals surface area contributed by atoms with E-state index in [4.69, 9.17) is 21.1 Å². The highest BCUT2D eigenvalue weighted by Crippen LogP contribution is 2.28. The van der Waals surface area contributed by atoms with Crippen molar-refractivity contribution in [3.8, 4) is 11.5 Å². The molecule has 2 aromatic rings. The van der Waals surface area contributed by atoms with E-state index in [-0.39, 0.29) is 5.91 Å². The molecule has 1 fully saturated rings. The van der Waals surface area contributed by atoms with Crippen LogP contribution in [-0.2, 0) is 17.8 Å². The van der Waals surface area contributed by atoms with Crippen LogP contribution in [-0.4, -0.2) is 62.1 Å². The summed E-state index contributed by atoms with van der Waals surface area (Å²) in [7, 11) is 1.57. The van der Waals surface area contributed by atoms with Crippen LogP contribution in [0.3, 0.4) is 0 Å². The van der Waals surface area contributed by atoms with E-state index in [1.807, 2.05) is 0 Å². The molecule has 0 radical (unpaired) electrons. The molecular formula is C22H26ClN3O3. The molecule has 154 valence electrons. The molecule has 1 N–H and O–H groups in total. The zero-order valence-electron chi connectivity index (χ0n) is 16.6. The van der Waals surface area contributed by atoms with Crippen molar-refractivity contribution in [1.29, 1.82) is 0 Å². The number of rotatable bonds is 6. The SMILES string of the molecule is COc1ccc(NC(=O)CN2CCN(Cc3ccc4c(c3)CCO4)CC2)cc1Cl. The molecule has 2 aliphatic rings. The van der Waals surface area contributed by atoms with Crippen molar-refractivity contribution >= 4 is 23.2 Å². The summed E-state index contributed by atoms with van der Waals surface area (Å²) in [4.78, 5) is 17.0. The van der Waals surface area contributed by atoms with Crippen molar-refractivity contribution in [3.63, 3.8) is 0 Å². The average molecular weight is 416 g/mol. The Labute approximate surface area is 176 Å². The number of anilines is 1. The Balaban J connectivity index is 1.23. The second-order valence-corrected chi connectivity index (χ2v) is 7.90. The molecule has 0 atom stereocenters. The smallest absolute Gasteiger partial charge is 0.238 e. The highest BCUT2D eigenvalue weighted by molar-refractivity contribution is 6.32. The number of hydrogen-bond acceptors (Lipinski definition) is 5. The van der Waals surface area contributed by atoms with Crippen LogP contribution < -0.4 is 14.8 Å². The lowest BCUT2D eigenvalue weighted by molar-refractivity contribution is -0.117. The highest BCUT2D eigenvalue weighted by atomic mass is 35.5. The molecule has 2 aromatic carbocycles. The van der Waals surface area contributed by atoms with Crippen LogP contribution in [0, 0.1) is 0 Å². The predicted octanol–water partition coefficient (Wildman–Crippen LogP) is 3.04. The normalized spacial score (nSPS) is 16.9. The van der Waals surface area contributed by atoms with E-state index in [2.05, 4.69) is 33.3 Å². The Bertz CT molecular complexity index is 882. The molecule has 0 spiro atoms. The molecule has 1 saturated heterocycles. The lowest BCUT2D eigenvalue weighted by atomic mass is 10.1. The van der Waals surface area contributed by atoms with Gasteiger partial charge in [-0.3, -0.25) is 14.6 Å². The van der Waals surface area contributed by atoms with Crippen molar-refractivity contribution in [3.05, 3.63) is 52.5 Å². The summed E-state index contributed by atoms with van der Waals surface area (Å²) in [6, 6.07) is 11.8. The number of hydrogen-bond donors (Lipinski definition) is 1. The molecule has 0 aromatic heterocycles. The first-order chi connectivity index (χ1) is 14.1. The number of halogens is 1. The number of nitrogens with zero attached hydrogens (tertiary/aromatic N) is 2. The van der Waals surface area contributed by atoms with Gasteiger partial charge in [0.2, 0.25) is 5.91 Å². The number of benzene rings is 2. The van der Waals surface area contributed by atoms with E-state index in [1.165, 1.54) is 11.1 Å². The second kappa shape index (κ2) is 9.03. The minimum Gasteiger partial charge on any atom is -0.495 e. The number of piperazine rings is 1. The van der Waals surface area contributed by atoms with Crippen LogP contribution in [0.4, 0.5) is 5.69 Å². The monoisotopic (exact) mass is 415 g/mol. The number of carbonyl (C=O) groups is 1. The topological polar surface area (TPSA) is 54.0 Å². The van der Waals surface area contributed by atoms with Crippen LogP contribution in [0.15, 0.2) is 36.4 Å². The van der Waals surface area contributed by atoms with E-state index in [9.17, 15) is 4.79 Å². The Kier molecular flexibility index (Phi) is 6.23. The third kappa shape index (κ3) is 5.01. The summed E-state index contributed by atoms with van der Waals surface area (Å²) >= 11 is 6.12. The van der Waals surface area contributed by atoms with Crippen molar-refractivity contribution in [2.45, 2.75) is 13.0 Å². The fourth-order valence-corrected chi connectivity index (χ4v) is 4.11. The quantitative estimate of drug-likeness (QED) is 0.785. The average Bonchev–Trinajstić information content (AvgIpc) is 3.17. The fourth-order valence-electron chi connectivity index (χ4n) is 3.85. The van der Waals surface area contributed by atoms with Crippen LogP contribution in [0.2, 0.25) is 5.02 Å². The largest absolute Gasteiger partial charge is 0.495 e. The number of amides is 1. The molecule has 0 saturated carbocycles. The first-order valence-corrected chi connectivity index (χ1v) is 10.3. The molecule has 2 heterocycles. The van der Waals surface area contributed by atoms with E-state index >= 15 is 0 Å². The van der Waals surface area contributed by atoms with E-state index in [1.54, 1.807) is 25.3 Å². The van der Waals surface area contributed by atoms with Crippen molar-refractivity contribution < 1.29 is 14.3 Å². The molecule has 0 unspecified atom stereocenters. The van der Waals surface area contributed by atoms with Gasteiger partial charge in [0.05, 0.1) is 25.3 Å². The minimum atomic E-state index is -0.0293. The summed E-state index contributed by atoms with van der Waals surface area (Å²) < 4.78 is 10.7. The number of nitrogens with one attached hydrogen (secondary N) is 1. The van der Waals surface area contributed by atoms with Gasteiger partial charge in [-0.25, -0.2) is 0 Å².